The van der Waals surface area contributed by atoms with E-state index in [-0.39, 0.29) is 6.04 Å². The van der Waals surface area contributed by atoms with Crippen molar-refractivity contribution in [3.05, 3.63) is 38.5 Å². The van der Waals surface area contributed by atoms with Crippen LogP contribution in [0.5, 0.6) is 0 Å². The van der Waals surface area contributed by atoms with Gasteiger partial charge in [0.2, 0.25) is 0 Å². The van der Waals surface area contributed by atoms with Gasteiger partial charge in [-0.1, -0.05) is 6.07 Å². The van der Waals surface area contributed by atoms with Crippen molar-refractivity contribution in [2.45, 2.75) is 19.5 Å². The van der Waals surface area contributed by atoms with E-state index in [1.807, 2.05) is 6.92 Å². The van der Waals surface area contributed by atoms with E-state index in [1.165, 1.54) is 4.88 Å². The van der Waals surface area contributed by atoms with Crippen LogP contribution in [0.4, 0.5) is 0 Å². The summed E-state index contributed by atoms with van der Waals surface area (Å²) in [4.78, 5) is 12.4. The SMILES string of the molecule is Cc1csc(C2CN=C(N)N2Cc2cccs2)n1. The summed E-state index contributed by atoms with van der Waals surface area (Å²) in [6.45, 7) is 3.54. The second kappa shape index (κ2) is 4.70. The number of thiazole rings is 1. The van der Waals surface area contributed by atoms with E-state index in [2.05, 4.69) is 37.8 Å². The van der Waals surface area contributed by atoms with Gasteiger partial charge in [-0.25, -0.2) is 4.98 Å². The van der Waals surface area contributed by atoms with Crippen molar-refractivity contribution in [3.8, 4) is 0 Å². The molecule has 3 rings (SSSR count). The van der Waals surface area contributed by atoms with Crippen LogP contribution >= 0.6 is 22.7 Å². The topological polar surface area (TPSA) is 54.5 Å². The molecule has 1 aliphatic rings. The Hall–Kier alpha value is -1.40. The lowest BCUT2D eigenvalue weighted by atomic mass is 10.2. The highest BCUT2D eigenvalue weighted by atomic mass is 32.1. The highest BCUT2D eigenvalue weighted by Crippen LogP contribution is 2.30. The van der Waals surface area contributed by atoms with Crippen LogP contribution < -0.4 is 5.73 Å². The van der Waals surface area contributed by atoms with Crippen LogP contribution in [0.15, 0.2) is 27.9 Å². The predicted octanol–water partition coefficient (Wildman–Crippen LogP) is 2.38. The third kappa shape index (κ3) is 2.13. The third-order valence-electron chi connectivity index (χ3n) is 2.92. The number of rotatable bonds is 3. The summed E-state index contributed by atoms with van der Waals surface area (Å²) in [5, 5.41) is 5.27. The number of aliphatic imine (C=N–C) groups is 1. The van der Waals surface area contributed by atoms with Gasteiger partial charge in [0.05, 0.1) is 13.1 Å². The minimum absolute atomic E-state index is 0.200. The Kier molecular flexibility index (Phi) is 3.05. The number of thiophene rings is 1. The van der Waals surface area contributed by atoms with Gasteiger partial charge in [-0.2, -0.15) is 0 Å². The summed E-state index contributed by atoms with van der Waals surface area (Å²) in [5.74, 6) is 0.626. The molecule has 18 heavy (non-hydrogen) atoms. The molecule has 1 atom stereocenters. The van der Waals surface area contributed by atoms with Crippen LogP contribution in [-0.4, -0.2) is 22.4 Å². The van der Waals surface area contributed by atoms with Crippen molar-refractivity contribution in [3.63, 3.8) is 0 Å². The molecule has 0 radical (unpaired) electrons. The molecule has 0 aromatic carbocycles. The Morgan fingerprint density at radius 3 is 3.06 bits per heavy atom. The van der Waals surface area contributed by atoms with Gasteiger partial charge in [0, 0.05) is 16.0 Å². The fourth-order valence-electron chi connectivity index (χ4n) is 2.03. The molecule has 0 amide bonds. The van der Waals surface area contributed by atoms with Crippen LogP contribution in [0.3, 0.4) is 0 Å². The molecule has 0 aliphatic carbocycles. The summed E-state index contributed by atoms with van der Waals surface area (Å²) in [5.41, 5.74) is 7.05. The van der Waals surface area contributed by atoms with Gasteiger partial charge in [-0.3, -0.25) is 4.99 Å². The van der Waals surface area contributed by atoms with Gasteiger partial charge in [0.25, 0.3) is 0 Å². The Morgan fingerprint density at radius 2 is 2.39 bits per heavy atom. The molecule has 4 nitrogen and oxygen atoms in total. The standard InChI is InChI=1S/C12H14N4S2/c1-8-7-18-11(15-8)10-5-14-12(13)16(10)6-9-3-2-4-17-9/h2-4,7,10H,5-6H2,1H3,(H2,13,14). The van der Waals surface area contributed by atoms with E-state index in [0.29, 0.717) is 12.5 Å². The lowest BCUT2D eigenvalue weighted by molar-refractivity contribution is 0.342. The molecule has 94 valence electrons. The summed E-state index contributed by atoms with van der Waals surface area (Å²) < 4.78 is 0. The monoisotopic (exact) mass is 278 g/mol. The number of hydrogen-bond donors (Lipinski definition) is 1. The molecule has 3 heterocycles. The third-order valence-corrected chi connectivity index (χ3v) is 4.85. The maximum Gasteiger partial charge on any atom is 0.192 e. The van der Waals surface area contributed by atoms with Crippen LogP contribution in [0.2, 0.25) is 0 Å². The van der Waals surface area contributed by atoms with Crippen molar-refractivity contribution < 1.29 is 0 Å². The van der Waals surface area contributed by atoms with E-state index in [1.54, 1.807) is 22.7 Å². The first-order valence-corrected chi connectivity index (χ1v) is 7.51. The Bertz CT molecular complexity index is 558. The maximum absolute atomic E-state index is 5.99. The van der Waals surface area contributed by atoms with E-state index >= 15 is 0 Å². The molecule has 0 spiro atoms. The number of guanidine groups is 1. The Morgan fingerprint density at radius 1 is 1.50 bits per heavy atom. The van der Waals surface area contributed by atoms with Gasteiger partial charge >= 0.3 is 0 Å². The van der Waals surface area contributed by atoms with E-state index < -0.39 is 0 Å². The first kappa shape index (κ1) is 11.7. The van der Waals surface area contributed by atoms with Crippen LogP contribution in [0, 0.1) is 6.92 Å². The molecule has 6 heteroatoms. The lowest BCUT2D eigenvalue weighted by Crippen LogP contribution is -2.35. The van der Waals surface area contributed by atoms with Crippen molar-refractivity contribution in [2.75, 3.05) is 6.54 Å². The number of aromatic nitrogens is 1. The van der Waals surface area contributed by atoms with E-state index in [0.717, 1.165) is 17.2 Å². The average Bonchev–Trinajstić information content (AvgIpc) is 3.04. The summed E-state index contributed by atoms with van der Waals surface area (Å²) in [7, 11) is 0. The van der Waals surface area contributed by atoms with Crippen LogP contribution in [-0.2, 0) is 6.54 Å². The molecule has 1 unspecified atom stereocenters. The predicted molar refractivity (Wildman–Crippen MR) is 75.9 cm³/mol. The number of aryl methyl sites for hydroxylation is 1. The number of nitrogens with zero attached hydrogens (tertiary/aromatic N) is 3. The second-order valence-corrected chi connectivity index (χ2v) is 6.17. The summed E-state index contributed by atoms with van der Waals surface area (Å²) in [6, 6.07) is 4.39. The minimum atomic E-state index is 0.200. The van der Waals surface area contributed by atoms with Gasteiger partial charge in [0.1, 0.15) is 11.0 Å². The van der Waals surface area contributed by atoms with Crippen molar-refractivity contribution in [1.29, 1.82) is 0 Å². The molecule has 2 aromatic heterocycles. The smallest absolute Gasteiger partial charge is 0.192 e. The van der Waals surface area contributed by atoms with Gasteiger partial charge in [0.15, 0.2) is 5.96 Å². The molecular formula is C12H14N4S2. The van der Waals surface area contributed by atoms with Gasteiger partial charge < -0.3 is 10.6 Å². The molecular weight excluding hydrogens is 264 g/mol. The molecule has 0 bridgehead atoms. The normalized spacial score (nSPS) is 19.3. The summed E-state index contributed by atoms with van der Waals surface area (Å²) in [6.07, 6.45) is 0. The largest absolute Gasteiger partial charge is 0.370 e. The number of nitrogens with two attached hydrogens (primary N) is 1. The minimum Gasteiger partial charge on any atom is -0.370 e. The van der Waals surface area contributed by atoms with E-state index in [4.69, 9.17) is 5.73 Å². The highest BCUT2D eigenvalue weighted by molar-refractivity contribution is 7.10. The van der Waals surface area contributed by atoms with Crippen LogP contribution in [0.1, 0.15) is 21.6 Å². The van der Waals surface area contributed by atoms with Gasteiger partial charge in [-0.15, -0.1) is 22.7 Å². The molecule has 1 aliphatic heterocycles. The van der Waals surface area contributed by atoms with Crippen molar-refractivity contribution in [1.82, 2.24) is 9.88 Å². The average molecular weight is 278 g/mol. The molecule has 0 saturated heterocycles. The van der Waals surface area contributed by atoms with Gasteiger partial charge in [-0.05, 0) is 18.4 Å². The maximum atomic E-state index is 5.99. The summed E-state index contributed by atoms with van der Waals surface area (Å²) >= 11 is 3.43. The molecule has 2 aromatic rings. The molecule has 0 fully saturated rings. The van der Waals surface area contributed by atoms with E-state index in [9.17, 15) is 0 Å². The Balaban J connectivity index is 1.83. The quantitative estimate of drug-likeness (QED) is 0.938. The van der Waals surface area contributed by atoms with Crippen molar-refractivity contribution in [2.24, 2.45) is 10.7 Å². The van der Waals surface area contributed by atoms with Crippen molar-refractivity contribution >= 4 is 28.6 Å². The fourth-order valence-corrected chi connectivity index (χ4v) is 3.63. The molecule has 2 N–H and O–H groups in total. The highest BCUT2D eigenvalue weighted by Gasteiger charge is 2.29. The first-order valence-electron chi connectivity index (χ1n) is 5.75. The molecule has 0 saturated carbocycles. The second-order valence-electron chi connectivity index (χ2n) is 4.25. The number of hydrogen-bond acceptors (Lipinski definition) is 6. The van der Waals surface area contributed by atoms with Crippen LogP contribution in [0.25, 0.3) is 0 Å². The first-order chi connectivity index (χ1) is 8.74. The zero-order valence-corrected chi connectivity index (χ0v) is 11.7. The Labute approximate surface area is 114 Å². The lowest BCUT2D eigenvalue weighted by Gasteiger charge is -2.24. The fraction of sp³-hybridized carbons (Fsp3) is 0.333. The zero-order valence-electron chi connectivity index (χ0n) is 10.0. The zero-order chi connectivity index (χ0) is 12.5.